The maximum absolute atomic E-state index is 2.38. The van der Waals surface area contributed by atoms with Gasteiger partial charge in [0.15, 0.2) is 0 Å². The topological polar surface area (TPSA) is 0 Å². The second-order valence-electron chi connectivity index (χ2n) is 12.9. The molecule has 0 aliphatic heterocycles. The molecule has 0 nitrogen and oxygen atoms in total. The van der Waals surface area contributed by atoms with Gasteiger partial charge in [-0.05, 0) is 49.4 Å². The van der Waals surface area contributed by atoms with Gasteiger partial charge in [-0.15, -0.1) is 0 Å². The molecule has 1 aliphatic rings. The average Bonchev–Trinajstić information content (AvgIpc) is 2.89. The van der Waals surface area contributed by atoms with Gasteiger partial charge in [0.25, 0.3) is 0 Å². The number of unbranched alkanes of at least 4 members (excludes halogenated alkanes) is 18. The molecule has 0 N–H and O–H groups in total. The number of hydrogen-bond donors (Lipinski definition) is 0. The van der Waals surface area contributed by atoms with Crippen molar-refractivity contribution in [2.45, 2.75) is 207 Å². The Kier molecular flexibility index (Phi) is 23.9. The minimum atomic E-state index is 1.06. The van der Waals surface area contributed by atoms with E-state index < -0.39 is 0 Å². The molecule has 4 unspecified atom stereocenters. The first-order valence-electron chi connectivity index (χ1n) is 17.8. The number of rotatable bonds is 26. The van der Waals surface area contributed by atoms with Gasteiger partial charge >= 0.3 is 0 Å². The minimum absolute atomic E-state index is 1.06. The standard InChI is InChI=1S/C36H72/c1-5-9-13-16-18-21-24-28-34-32-31-33(27-23-12-8-4)35(29-25-20-15-11-7-3)36(34)30-26-22-19-17-14-10-6-2/h33-36H,5-32H2,1-4H3. The summed E-state index contributed by atoms with van der Waals surface area (Å²) in [5.74, 6) is 4.24. The highest BCUT2D eigenvalue weighted by Gasteiger charge is 2.37. The molecular formula is C36H72. The highest BCUT2D eigenvalue weighted by Crippen LogP contribution is 2.47. The third kappa shape index (κ3) is 16.8. The van der Waals surface area contributed by atoms with Crippen LogP contribution in [0.3, 0.4) is 0 Å². The fraction of sp³-hybridized carbons (Fsp3) is 1.00. The summed E-state index contributed by atoms with van der Waals surface area (Å²) in [4.78, 5) is 0. The van der Waals surface area contributed by atoms with Crippen LogP contribution in [0.2, 0.25) is 0 Å². The largest absolute Gasteiger partial charge is 0.0654 e. The lowest BCUT2D eigenvalue weighted by molar-refractivity contribution is 0.0581. The Morgan fingerprint density at radius 3 is 0.917 bits per heavy atom. The molecule has 0 heterocycles. The monoisotopic (exact) mass is 505 g/mol. The van der Waals surface area contributed by atoms with Gasteiger partial charge in [0.2, 0.25) is 0 Å². The third-order valence-electron chi connectivity index (χ3n) is 9.81. The van der Waals surface area contributed by atoms with Gasteiger partial charge in [0, 0.05) is 0 Å². The molecule has 0 aromatic carbocycles. The quantitative estimate of drug-likeness (QED) is 0.103. The van der Waals surface area contributed by atoms with Gasteiger partial charge in [-0.3, -0.25) is 0 Å². The molecule has 36 heavy (non-hydrogen) atoms. The van der Waals surface area contributed by atoms with Crippen LogP contribution in [-0.4, -0.2) is 0 Å². The summed E-state index contributed by atoms with van der Waals surface area (Å²) in [6.45, 7) is 9.42. The maximum atomic E-state index is 2.38. The normalized spacial score (nSPS) is 22.3. The molecule has 0 heteroatoms. The molecule has 0 saturated heterocycles. The van der Waals surface area contributed by atoms with Gasteiger partial charge in [0.05, 0.1) is 0 Å². The van der Waals surface area contributed by atoms with Crippen molar-refractivity contribution in [1.82, 2.24) is 0 Å². The van der Waals surface area contributed by atoms with Crippen LogP contribution < -0.4 is 0 Å². The van der Waals surface area contributed by atoms with Crippen molar-refractivity contribution in [2.24, 2.45) is 23.7 Å². The molecule has 1 saturated carbocycles. The van der Waals surface area contributed by atoms with Gasteiger partial charge in [-0.1, -0.05) is 182 Å². The molecule has 0 bridgehead atoms. The van der Waals surface area contributed by atoms with Crippen molar-refractivity contribution in [3.05, 3.63) is 0 Å². The van der Waals surface area contributed by atoms with E-state index in [1.165, 1.54) is 141 Å². The predicted octanol–water partition coefficient (Wildman–Crippen LogP) is 13.5. The van der Waals surface area contributed by atoms with E-state index in [-0.39, 0.29) is 0 Å². The molecule has 1 aliphatic carbocycles. The minimum Gasteiger partial charge on any atom is -0.0654 e. The van der Waals surface area contributed by atoms with Crippen LogP contribution in [0.25, 0.3) is 0 Å². The zero-order valence-electron chi connectivity index (χ0n) is 26.1. The summed E-state index contributed by atoms with van der Waals surface area (Å²) in [6, 6.07) is 0. The second kappa shape index (κ2) is 25.3. The second-order valence-corrected chi connectivity index (χ2v) is 12.9. The Hall–Kier alpha value is 0. The smallest absolute Gasteiger partial charge is 0.0355 e. The first-order chi connectivity index (χ1) is 17.8. The first kappa shape index (κ1) is 34.0. The van der Waals surface area contributed by atoms with E-state index in [1.54, 1.807) is 38.5 Å². The lowest BCUT2D eigenvalue weighted by Crippen LogP contribution is -2.35. The fourth-order valence-corrected chi connectivity index (χ4v) is 7.51. The fourth-order valence-electron chi connectivity index (χ4n) is 7.51. The van der Waals surface area contributed by atoms with Crippen molar-refractivity contribution in [3.8, 4) is 0 Å². The van der Waals surface area contributed by atoms with Crippen LogP contribution in [0.15, 0.2) is 0 Å². The van der Waals surface area contributed by atoms with Gasteiger partial charge in [0.1, 0.15) is 0 Å². The lowest BCUT2D eigenvalue weighted by atomic mass is 9.61. The van der Waals surface area contributed by atoms with Crippen molar-refractivity contribution in [3.63, 3.8) is 0 Å². The molecule has 1 rings (SSSR count). The van der Waals surface area contributed by atoms with E-state index in [0.717, 1.165) is 23.7 Å². The Labute approximate surface area is 231 Å². The summed E-state index contributed by atoms with van der Waals surface area (Å²) in [5.41, 5.74) is 0. The molecule has 4 atom stereocenters. The van der Waals surface area contributed by atoms with Crippen LogP contribution in [0.1, 0.15) is 207 Å². The third-order valence-corrected chi connectivity index (χ3v) is 9.81. The van der Waals surface area contributed by atoms with E-state index in [9.17, 15) is 0 Å². The van der Waals surface area contributed by atoms with E-state index in [4.69, 9.17) is 0 Å². The molecule has 0 amide bonds. The Balaban J connectivity index is 2.67. The zero-order chi connectivity index (χ0) is 26.1. The maximum Gasteiger partial charge on any atom is -0.0355 e. The highest BCUT2D eigenvalue weighted by atomic mass is 14.4. The Morgan fingerprint density at radius 1 is 0.306 bits per heavy atom. The summed E-state index contributed by atoms with van der Waals surface area (Å²) >= 11 is 0. The van der Waals surface area contributed by atoms with Crippen LogP contribution in [0.4, 0.5) is 0 Å². The molecular weight excluding hydrogens is 432 g/mol. The average molecular weight is 505 g/mol. The Bertz CT molecular complexity index is 426. The zero-order valence-corrected chi connectivity index (χ0v) is 26.1. The van der Waals surface area contributed by atoms with Crippen LogP contribution in [0, 0.1) is 23.7 Å². The molecule has 216 valence electrons. The Morgan fingerprint density at radius 2 is 0.556 bits per heavy atom. The predicted molar refractivity (Wildman–Crippen MR) is 166 cm³/mol. The molecule has 0 aromatic rings. The summed E-state index contributed by atoms with van der Waals surface area (Å²) in [6.07, 6.45) is 41.7. The van der Waals surface area contributed by atoms with E-state index in [0.29, 0.717) is 0 Å². The highest BCUT2D eigenvalue weighted by molar-refractivity contribution is 4.88. The molecule has 1 fully saturated rings. The summed E-state index contributed by atoms with van der Waals surface area (Å²) in [7, 11) is 0. The van der Waals surface area contributed by atoms with E-state index in [2.05, 4.69) is 27.7 Å². The molecule has 0 aromatic heterocycles. The summed E-state index contributed by atoms with van der Waals surface area (Å²) in [5, 5.41) is 0. The first-order valence-corrected chi connectivity index (χ1v) is 17.8. The van der Waals surface area contributed by atoms with Crippen molar-refractivity contribution in [1.29, 1.82) is 0 Å². The SMILES string of the molecule is CCCCCCCCCC1CCC(CCCCC)C(CCCCCCC)C1CCCCCCCCC. The van der Waals surface area contributed by atoms with E-state index >= 15 is 0 Å². The van der Waals surface area contributed by atoms with Gasteiger partial charge < -0.3 is 0 Å². The number of hydrogen-bond acceptors (Lipinski definition) is 0. The summed E-state index contributed by atoms with van der Waals surface area (Å²) < 4.78 is 0. The van der Waals surface area contributed by atoms with Crippen molar-refractivity contribution in [2.75, 3.05) is 0 Å². The molecule has 0 spiro atoms. The van der Waals surface area contributed by atoms with Crippen LogP contribution >= 0.6 is 0 Å². The van der Waals surface area contributed by atoms with Gasteiger partial charge in [-0.2, -0.15) is 0 Å². The van der Waals surface area contributed by atoms with Crippen molar-refractivity contribution >= 4 is 0 Å². The van der Waals surface area contributed by atoms with Crippen molar-refractivity contribution < 1.29 is 0 Å². The van der Waals surface area contributed by atoms with E-state index in [1.807, 2.05) is 0 Å². The van der Waals surface area contributed by atoms with Crippen LogP contribution in [-0.2, 0) is 0 Å². The van der Waals surface area contributed by atoms with Gasteiger partial charge in [-0.25, -0.2) is 0 Å². The lowest BCUT2D eigenvalue weighted by Gasteiger charge is -2.44. The van der Waals surface area contributed by atoms with Crippen LogP contribution in [0.5, 0.6) is 0 Å². The molecule has 0 radical (unpaired) electrons.